The zero-order chi connectivity index (χ0) is 22.1. The molecule has 4 rings (SSSR count). The predicted octanol–water partition coefficient (Wildman–Crippen LogP) is 3.91. The van der Waals surface area contributed by atoms with Crippen LogP contribution in [-0.4, -0.2) is 25.7 Å². The molecule has 0 unspecified atom stereocenters. The first-order valence-electron chi connectivity index (χ1n) is 10.2. The van der Waals surface area contributed by atoms with Crippen LogP contribution < -0.4 is 10.9 Å². The number of H-pyrrole nitrogens is 1. The Bertz CT molecular complexity index is 1320. The van der Waals surface area contributed by atoms with E-state index < -0.39 is 0 Å². The average molecular weight is 415 g/mol. The molecule has 0 bridgehead atoms. The van der Waals surface area contributed by atoms with Crippen molar-refractivity contribution in [3.8, 4) is 11.1 Å². The Morgan fingerprint density at radius 3 is 2.55 bits per heavy atom. The van der Waals surface area contributed by atoms with E-state index in [0.717, 1.165) is 33.3 Å². The smallest absolute Gasteiger partial charge is 0.253 e. The number of aromatic nitrogens is 4. The Morgan fingerprint density at radius 1 is 1.13 bits per heavy atom. The molecule has 0 aliphatic heterocycles. The molecule has 7 nitrogen and oxygen atoms in total. The van der Waals surface area contributed by atoms with Crippen LogP contribution >= 0.6 is 0 Å². The van der Waals surface area contributed by atoms with E-state index in [0.29, 0.717) is 11.1 Å². The predicted molar refractivity (Wildman–Crippen MR) is 121 cm³/mol. The van der Waals surface area contributed by atoms with Crippen LogP contribution in [0.15, 0.2) is 53.7 Å². The topological polar surface area (TPSA) is 92.7 Å². The number of carbonyl (C=O) groups is 1. The molecule has 0 atom stereocenters. The monoisotopic (exact) mass is 415 g/mol. The molecule has 3 heterocycles. The lowest BCUT2D eigenvalue weighted by Gasteiger charge is -2.12. The lowest BCUT2D eigenvalue weighted by Crippen LogP contribution is -2.28. The van der Waals surface area contributed by atoms with Gasteiger partial charge in [-0.2, -0.15) is 5.10 Å². The Kier molecular flexibility index (Phi) is 5.42. The third kappa shape index (κ3) is 3.99. The van der Waals surface area contributed by atoms with Crippen molar-refractivity contribution in [1.82, 2.24) is 25.1 Å². The Labute approximate surface area is 180 Å². The van der Waals surface area contributed by atoms with Crippen LogP contribution in [-0.2, 0) is 6.54 Å². The normalized spacial score (nSPS) is 11.3. The number of nitrogens with one attached hydrogen (secondary N) is 2. The highest BCUT2D eigenvalue weighted by atomic mass is 16.1. The molecule has 4 aromatic rings. The maximum absolute atomic E-state index is 13.2. The summed E-state index contributed by atoms with van der Waals surface area (Å²) in [4.78, 5) is 32.4. The Hall–Kier alpha value is -3.74. The number of aryl methyl sites for hydroxylation is 2. The van der Waals surface area contributed by atoms with Crippen LogP contribution in [0, 0.1) is 13.8 Å². The van der Waals surface area contributed by atoms with Crippen LogP contribution in [0.3, 0.4) is 0 Å². The van der Waals surface area contributed by atoms with Crippen LogP contribution in [0.2, 0.25) is 0 Å². The van der Waals surface area contributed by atoms with E-state index in [9.17, 15) is 9.59 Å². The van der Waals surface area contributed by atoms with Gasteiger partial charge in [-0.05, 0) is 74.7 Å². The summed E-state index contributed by atoms with van der Waals surface area (Å²) in [5.41, 5.74) is 5.31. The van der Waals surface area contributed by atoms with Gasteiger partial charge in [0.15, 0.2) is 0 Å². The van der Waals surface area contributed by atoms with Crippen molar-refractivity contribution in [1.29, 1.82) is 0 Å². The summed E-state index contributed by atoms with van der Waals surface area (Å²) in [5, 5.41) is 8.19. The van der Waals surface area contributed by atoms with Gasteiger partial charge in [-0.25, -0.2) is 0 Å². The molecule has 3 aromatic heterocycles. The van der Waals surface area contributed by atoms with Gasteiger partial charge in [0.05, 0.1) is 17.3 Å². The van der Waals surface area contributed by atoms with Gasteiger partial charge in [-0.15, -0.1) is 0 Å². The molecule has 0 saturated carbocycles. The number of rotatable bonds is 5. The number of hydrogen-bond acceptors (Lipinski definition) is 4. The molecular formula is C24H25N5O2. The Morgan fingerprint density at radius 2 is 1.87 bits per heavy atom. The van der Waals surface area contributed by atoms with Crippen LogP contribution in [0.5, 0.6) is 0 Å². The second kappa shape index (κ2) is 8.18. The fourth-order valence-electron chi connectivity index (χ4n) is 3.82. The first-order chi connectivity index (χ1) is 14.8. The number of hydrogen-bond donors (Lipinski definition) is 2. The molecule has 158 valence electrons. The van der Waals surface area contributed by atoms with Gasteiger partial charge < -0.3 is 10.3 Å². The molecule has 1 aromatic carbocycles. The average Bonchev–Trinajstić information content (AvgIpc) is 3.17. The fraction of sp³-hybridized carbons (Fsp3) is 0.250. The molecular weight excluding hydrogens is 390 g/mol. The van der Waals surface area contributed by atoms with E-state index in [4.69, 9.17) is 0 Å². The van der Waals surface area contributed by atoms with Gasteiger partial charge in [0, 0.05) is 41.6 Å². The summed E-state index contributed by atoms with van der Waals surface area (Å²) in [6.45, 7) is 7.97. The summed E-state index contributed by atoms with van der Waals surface area (Å²) >= 11 is 0. The molecule has 1 amide bonds. The van der Waals surface area contributed by atoms with Gasteiger partial charge in [0.2, 0.25) is 0 Å². The maximum Gasteiger partial charge on any atom is 0.253 e. The molecule has 0 radical (unpaired) electrons. The number of pyridine rings is 2. The summed E-state index contributed by atoms with van der Waals surface area (Å²) in [5.74, 6) is -0.247. The summed E-state index contributed by atoms with van der Waals surface area (Å²) in [7, 11) is 0. The van der Waals surface area contributed by atoms with E-state index in [1.165, 1.54) is 0 Å². The molecule has 31 heavy (non-hydrogen) atoms. The third-order valence-electron chi connectivity index (χ3n) is 5.38. The molecule has 0 aliphatic rings. The van der Waals surface area contributed by atoms with Gasteiger partial charge in [-0.1, -0.05) is 0 Å². The van der Waals surface area contributed by atoms with Crippen molar-refractivity contribution in [2.75, 3.05) is 0 Å². The van der Waals surface area contributed by atoms with Crippen molar-refractivity contribution in [3.63, 3.8) is 0 Å². The van der Waals surface area contributed by atoms with Crippen LogP contribution in [0.4, 0.5) is 0 Å². The van der Waals surface area contributed by atoms with Gasteiger partial charge in [0.1, 0.15) is 0 Å². The lowest BCUT2D eigenvalue weighted by molar-refractivity contribution is 0.0952. The SMILES string of the molecule is Cc1cc(C)c(CNC(=O)c2cc(-c3ccncc3)cc3c2cnn3C(C)C)c(=O)[nH]1. The maximum atomic E-state index is 13.2. The molecule has 0 saturated heterocycles. The highest BCUT2D eigenvalue weighted by molar-refractivity contribution is 6.08. The van der Waals surface area contributed by atoms with E-state index in [2.05, 4.69) is 34.2 Å². The van der Waals surface area contributed by atoms with E-state index in [-0.39, 0.29) is 24.1 Å². The molecule has 0 fully saturated rings. The van der Waals surface area contributed by atoms with Crippen LogP contribution in [0.1, 0.15) is 47.1 Å². The first-order valence-corrected chi connectivity index (χ1v) is 10.2. The zero-order valence-electron chi connectivity index (χ0n) is 18.1. The third-order valence-corrected chi connectivity index (χ3v) is 5.38. The largest absolute Gasteiger partial charge is 0.348 e. The number of aromatic amines is 1. The summed E-state index contributed by atoms with van der Waals surface area (Å²) < 4.78 is 1.91. The first kappa shape index (κ1) is 20.5. The quantitative estimate of drug-likeness (QED) is 0.517. The molecule has 0 spiro atoms. The second-order valence-corrected chi connectivity index (χ2v) is 8.00. The summed E-state index contributed by atoms with van der Waals surface area (Å²) in [6.07, 6.45) is 5.18. The number of benzene rings is 1. The molecule has 7 heteroatoms. The second-order valence-electron chi connectivity index (χ2n) is 8.00. The minimum Gasteiger partial charge on any atom is -0.348 e. The van der Waals surface area contributed by atoms with Crippen molar-refractivity contribution < 1.29 is 4.79 Å². The lowest BCUT2D eigenvalue weighted by atomic mass is 10.00. The fourth-order valence-corrected chi connectivity index (χ4v) is 3.82. The number of amides is 1. The highest BCUT2D eigenvalue weighted by Gasteiger charge is 2.18. The van der Waals surface area contributed by atoms with E-state index in [1.54, 1.807) is 18.6 Å². The number of carbonyl (C=O) groups excluding carboxylic acids is 1. The van der Waals surface area contributed by atoms with Gasteiger partial charge >= 0.3 is 0 Å². The van der Waals surface area contributed by atoms with Crippen molar-refractivity contribution in [3.05, 3.63) is 81.7 Å². The van der Waals surface area contributed by atoms with Gasteiger partial charge in [0.25, 0.3) is 11.5 Å². The van der Waals surface area contributed by atoms with E-state index in [1.807, 2.05) is 48.9 Å². The van der Waals surface area contributed by atoms with E-state index >= 15 is 0 Å². The molecule has 2 N–H and O–H groups in total. The van der Waals surface area contributed by atoms with Crippen LogP contribution in [0.25, 0.3) is 22.0 Å². The van der Waals surface area contributed by atoms with Crippen molar-refractivity contribution in [2.45, 2.75) is 40.3 Å². The summed E-state index contributed by atoms with van der Waals surface area (Å²) in [6, 6.07) is 9.78. The van der Waals surface area contributed by atoms with Crippen molar-refractivity contribution >= 4 is 16.8 Å². The highest BCUT2D eigenvalue weighted by Crippen LogP contribution is 2.29. The minimum atomic E-state index is -0.247. The Balaban J connectivity index is 1.75. The molecule has 0 aliphatic carbocycles. The van der Waals surface area contributed by atoms with Gasteiger partial charge in [-0.3, -0.25) is 19.3 Å². The van der Waals surface area contributed by atoms with Crippen molar-refractivity contribution in [2.24, 2.45) is 0 Å². The standard InChI is InChI=1S/C24H25N5O2/c1-14(2)29-22-11-18(17-5-7-25-8-6-17)10-19(21(22)13-27-29)23(30)26-12-20-15(3)9-16(4)28-24(20)31/h5-11,13-14H,12H2,1-4H3,(H,26,30)(H,28,31). The number of nitrogens with zero attached hydrogens (tertiary/aromatic N) is 3. The zero-order valence-corrected chi connectivity index (χ0v) is 18.1. The number of fused-ring (bicyclic) bond motifs is 1. The minimum absolute atomic E-state index is 0.148.